The van der Waals surface area contributed by atoms with Gasteiger partial charge < -0.3 is 15.7 Å². The van der Waals surface area contributed by atoms with Crippen LogP contribution in [0.1, 0.15) is 16.1 Å². The molecule has 8 heteroatoms. The minimum absolute atomic E-state index is 0.00595. The van der Waals surface area contributed by atoms with Crippen LogP contribution < -0.4 is 10.6 Å². The lowest BCUT2D eigenvalue weighted by atomic mass is 10.1. The number of aromatic nitrogens is 1. The topological polar surface area (TPSA) is 114 Å². The predicted molar refractivity (Wildman–Crippen MR) is 76.2 cm³/mol. The molecule has 1 atom stereocenters. The van der Waals surface area contributed by atoms with E-state index >= 15 is 0 Å². The Bertz CT molecular complexity index is 770. The van der Waals surface area contributed by atoms with Crippen molar-refractivity contribution >= 4 is 45.0 Å². The molecular formula is C13H11N3O4S. The summed E-state index contributed by atoms with van der Waals surface area (Å²) in [4.78, 5) is 40.8. The minimum Gasteiger partial charge on any atom is -0.477 e. The van der Waals surface area contributed by atoms with Crippen molar-refractivity contribution in [2.45, 2.75) is 6.42 Å². The maximum atomic E-state index is 12.1. The number of thiophene rings is 1. The number of carboxylic acids is 1. The van der Waals surface area contributed by atoms with Gasteiger partial charge in [-0.05, 0) is 12.1 Å². The number of carbonyl (C=O) groups excluding carboxylic acids is 2. The van der Waals surface area contributed by atoms with E-state index < -0.39 is 17.8 Å². The maximum absolute atomic E-state index is 12.1. The van der Waals surface area contributed by atoms with Crippen LogP contribution in [0.5, 0.6) is 0 Å². The van der Waals surface area contributed by atoms with Crippen LogP contribution in [-0.2, 0) is 9.59 Å². The molecule has 0 saturated carbocycles. The molecule has 2 aromatic rings. The Morgan fingerprint density at radius 2 is 2.24 bits per heavy atom. The highest BCUT2D eigenvalue weighted by Crippen LogP contribution is 2.39. The van der Waals surface area contributed by atoms with Gasteiger partial charge in [0.05, 0.1) is 11.6 Å². The molecule has 1 fully saturated rings. The van der Waals surface area contributed by atoms with Gasteiger partial charge in [0.25, 0.3) is 0 Å². The minimum atomic E-state index is -1.12. The number of hydrogen-bond donors (Lipinski definition) is 2. The van der Waals surface area contributed by atoms with E-state index in [1.807, 2.05) is 0 Å². The zero-order chi connectivity index (χ0) is 15.1. The molecule has 1 aliphatic heterocycles. The molecule has 0 aromatic carbocycles. The lowest BCUT2D eigenvalue weighted by molar-refractivity contribution is -0.123. The van der Waals surface area contributed by atoms with Crippen molar-refractivity contribution < 1.29 is 19.5 Å². The average Bonchev–Trinajstić information content (AvgIpc) is 2.99. The Hall–Kier alpha value is -2.48. The second kappa shape index (κ2) is 4.81. The van der Waals surface area contributed by atoms with Gasteiger partial charge in [-0.15, -0.1) is 11.3 Å². The Morgan fingerprint density at radius 1 is 1.48 bits per heavy atom. The van der Waals surface area contributed by atoms with Crippen molar-refractivity contribution in [3.63, 3.8) is 0 Å². The smallest absolute Gasteiger partial charge is 0.348 e. The Morgan fingerprint density at radius 3 is 2.86 bits per heavy atom. The summed E-state index contributed by atoms with van der Waals surface area (Å²) in [5.74, 6) is -2.57. The summed E-state index contributed by atoms with van der Waals surface area (Å²) >= 11 is 1.01. The number of aromatic carboxylic acids is 1. The molecule has 0 bridgehead atoms. The third-order valence-electron chi connectivity index (χ3n) is 3.43. The summed E-state index contributed by atoms with van der Waals surface area (Å²) in [6.45, 7) is 0.106. The fourth-order valence-corrected chi connectivity index (χ4v) is 3.43. The Balaban J connectivity index is 2.15. The number of primary amides is 1. The number of carbonyl (C=O) groups is 3. The highest BCUT2D eigenvalue weighted by Gasteiger charge is 2.37. The molecular weight excluding hydrogens is 294 g/mol. The lowest BCUT2D eigenvalue weighted by Gasteiger charge is -2.16. The van der Waals surface area contributed by atoms with E-state index in [4.69, 9.17) is 5.73 Å². The number of fused-ring (bicyclic) bond motifs is 1. The molecule has 7 nitrogen and oxygen atoms in total. The second-order valence-electron chi connectivity index (χ2n) is 4.75. The van der Waals surface area contributed by atoms with Crippen LogP contribution in [0.15, 0.2) is 18.3 Å². The van der Waals surface area contributed by atoms with Crippen LogP contribution in [0, 0.1) is 5.92 Å². The SMILES string of the molecule is NC(=O)C1CC(=O)N(c2c(C(=O)O)sc3ncccc23)C1. The summed E-state index contributed by atoms with van der Waals surface area (Å²) < 4.78 is 0. The van der Waals surface area contributed by atoms with E-state index in [2.05, 4.69) is 4.98 Å². The maximum Gasteiger partial charge on any atom is 0.348 e. The molecule has 1 aliphatic rings. The third-order valence-corrected chi connectivity index (χ3v) is 4.52. The lowest BCUT2D eigenvalue weighted by Crippen LogP contribution is -2.29. The van der Waals surface area contributed by atoms with Crippen LogP contribution >= 0.6 is 11.3 Å². The van der Waals surface area contributed by atoms with E-state index in [9.17, 15) is 19.5 Å². The standard InChI is InChI=1S/C13H11N3O4S/c14-11(18)6-4-8(17)16(5-6)9-7-2-1-3-15-12(7)21-10(9)13(19)20/h1-3,6H,4-5H2,(H2,14,18)(H,19,20). The fraction of sp³-hybridized carbons (Fsp3) is 0.231. The number of carboxylic acid groups (broad SMARTS) is 1. The average molecular weight is 305 g/mol. The molecule has 3 rings (SSSR count). The highest BCUT2D eigenvalue weighted by molar-refractivity contribution is 7.21. The van der Waals surface area contributed by atoms with Crippen molar-refractivity contribution in [3.8, 4) is 0 Å². The van der Waals surface area contributed by atoms with Crippen LogP contribution in [0.25, 0.3) is 10.2 Å². The number of hydrogen-bond acceptors (Lipinski definition) is 5. The number of rotatable bonds is 3. The molecule has 3 N–H and O–H groups in total. The number of amides is 2. The van der Waals surface area contributed by atoms with Gasteiger partial charge in [-0.3, -0.25) is 9.59 Å². The van der Waals surface area contributed by atoms with Gasteiger partial charge in [0.2, 0.25) is 11.8 Å². The first kappa shape index (κ1) is 13.5. The first-order chi connectivity index (χ1) is 9.99. The van der Waals surface area contributed by atoms with Crippen LogP contribution in [0.3, 0.4) is 0 Å². The summed E-state index contributed by atoms with van der Waals surface area (Å²) in [7, 11) is 0. The zero-order valence-electron chi connectivity index (χ0n) is 10.8. The fourth-order valence-electron chi connectivity index (χ4n) is 2.45. The molecule has 108 valence electrons. The van der Waals surface area contributed by atoms with E-state index in [1.54, 1.807) is 18.3 Å². The molecule has 2 aromatic heterocycles. The summed E-state index contributed by atoms with van der Waals surface area (Å²) in [5, 5.41) is 9.94. The van der Waals surface area contributed by atoms with Gasteiger partial charge >= 0.3 is 5.97 Å². The number of pyridine rings is 1. The summed E-state index contributed by atoms with van der Waals surface area (Å²) in [6.07, 6.45) is 1.57. The normalized spacial score (nSPS) is 18.4. The molecule has 0 aliphatic carbocycles. The largest absolute Gasteiger partial charge is 0.477 e. The van der Waals surface area contributed by atoms with Gasteiger partial charge in [-0.25, -0.2) is 9.78 Å². The first-order valence-corrected chi connectivity index (χ1v) is 7.01. The van der Waals surface area contributed by atoms with E-state index in [-0.39, 0.29) is 23.7 Å². The molecule has 21 heavy (non-hydrogen) atoms. The van der Waals surface area contributed by atoms with Crippen molar-refractivity contribution in [2.24, 2.45) is 11.7 Å². The van der Waals surface area contributed by atoms with Crippen molar-refractivity contribution in [2.75, 3.05) is 11.4 Å². The van der Waals surface area contributed by atoms with Gasteiger partial charge in [0.15, 0.2) is 0 Å². The van der Waals surface area contributed by atoms with Crippen LogP contribution in [0.4, 0.5) is 5.69 Å². The van der Waals surface area contributed by atoms with Crippen LogP contribution in [-0.4, -0.2) is 34.4 Å². The Labute approximate surface area is 123 Å². The molecule has 0 spiro atoms. The predicted octanol–water partition coefficient (Wildman–Crippen LogP) is 0.833. The van der Waals surface area contributed by atoms with Crippen molar-refractivity contribution in [3.05, 3.63) is 23.2 Å². The molecule has 1 saturated heterocycles. The van der Waals surface area contributed by atoms with Gasteiger partial charge in [0.1, 0.15) is 9.71 Å². The third kappa shape index (κ3) is 2.13. The van der Waals surface area contributed by atoms with E-state index in [0.29, 0.717) is 15.9 Å². The number of nitrogens with two attached hydrogens (primary N) is 1. The number of anilines is 1. The van der Waals surface area contributed by atoms with Gasteiger partial charge in [-0.2, -0.15) is 0 Å². The molecule has 1 unspecified atom stereocenters. The molecule has 3 heterocycles. The van der Waals surface area contributed by atoms with E-state index in [0.717, 1.165) is 11.3 Å². The summed E-state index contributed by atoms with van der Waals surface area (Å²) in [6, 6.07) is 3.39. The van der Waals surface area contributed by atoms with Gasteiger partial charge in [-0.1, -0.05) is 0 Å². The molecule has 0 radical (unpaired) electrons. The van der Waals surface area contributed by atoms with Crippen molar-refractivity contribution in [1.82, 2.24) is 4.98 Å². The second-order valence-corrected chi connectivity index (χ2v) is 5.75. The monoisotopic (exact) mass is 305 g/mol. The van der Waals surface area contributed by atoms with E-state index in [1.165, 1.54) is 4.90 Å². The number of nitrogens with zero attached hydrogens (tertiary/aromatic N) is 2. The quantitative estimate of drug-likeness (QED) is 0.872. The Kier molecular flexibility index (Phi) is 3.09. The molecule has 2 amide bonds. The first-order valence-electron chi connectivity index (χ1n) is 6.19. The van der Waals surface area contributed by atoms with Crippen LogP contribution in [0.2, 0.25) is 0 Å². The van der Waals surface area contributed by atoms with Gasteiger partial charge in [0, 0.05) is 24.5 Å². The zero-order valence-corrected chi connectivity index (χ0v) is 11.6. The summed E-state index contributed by atoms with van der Waals surface area (Å²) in [5.41, 5.74) is 5.55. The highest BCUT2D eigenvalue weighted by atomic mass is 32.1. The van der Waals surface area contributed by atoms with Crippen molar-refractivity contribution in [1.29, 1.82) is 0 Å².